The molecule has 2 saturated heterocycles. The van der Waals surface area contributed by atoms with Gasteiger partial charge < -0.3 is 49.7 Å². The van der Waals surface area contributed by atoms with E-state index in [1.54, 1.807) is 69.4 Å². The summed E-state index contributed by atoms with van der Waals surface area (Å²) in [7, 11) is 8.98. The minimum absolute atomic E-state index is 0.0465. The minimum Gasteiger partial charge on any atom is -0.390 e. The highest BCUT2D eigenvalue weighted by Gasteiger charge is 2.45. The highest BCUT2D eigenvalue weighted by atomic mass is 16.5. The van der Waals surface area contributed by atoms with E-state index in [9.17, 15) is 38.7 Å². The number of Topliss-reactive ketones (excluding diaryl/α,β-unsaturated/α-hetero) is 4. The molecule has 0 aromatic carbocycles. The molecule has 0 spiro atoms. The van der Waals surface area contributed by atoms with Crippen molar-refractivity contribution in [3.8, 4) is 0 Å². The number of aliphatic hydroxyl groups is 1. The van der Waals surface area contributed by atoms with Crippen molar-refractivity contribution in [2.24, 2.45) is 66.2 Å². The summed E-state index contributed by atoms with van der Waals surface area (Å²) < 4.78 is 11.9. The molecule has 1 aromatic rings. The number of aromatic nitrogens is 4. The van der Waals surface area contributed by atoms with Crippen molar-refractivity contribution in [3.63, 3.8) is 0 Å². The standard InChI is InChI=1S/C73H128N12O14/c1-23-55-58(86)40-50(14)69(93)82(20)64(52(16)99-33-27-26-30-85-31-34-98-35-32-85)61(89)42-54(46(8)9)72(96)80(18)56(37-44(4)5)59(87)39-49(13)67(91)74-51(15)70(94)79(17)57(38-45(6)7)60(88)41-53(36-43(2)3)71(95)81(19)63(47(10)11)73(97)83(21)65(68(92)75-55)66(90)48(12)28-24-25-29-62-76-78-84(22)77-62/h43-57,63-66,90H,23-42H2,1-22H3,(H,74,91)(H,75,92)/t48-,49-,50+,51-,52-,53-,54+,55+,56+,57+,63+,64+,65+,66-/m1/s1. The summed E-state index contributed by atoms with van der Waals surface area (Å²) in [6.07, 6.45) is 0.485. The van der Waals surface area contributed by atoms with Gasteiger partial charge in [0.25, 0.3) is 0 Å². The lowest BCUT2D eigenvalue weighted by Crippen LogP contribution is -2.62. The third kappa shape index (κ3) is 26.3. The number of morpholine rings is 1. The molecule has 7 amide bonds. The van der Waals surface area contributed by atoms with Crippen LogP contribution in [-0.2, 0) is 75.7 Å². The molecule has 0 aliphatic carbocycles. The number of likely N-dealkylation sites (N-methyl/N-ethyl adjacent to an activating group) is 5. The zero-order valence-electron chi connectivity index (χ0n) is 64.3. The number of hydrogen-bond donors (Lipinski definition) is 3. The maximum atomic E-state index is 15.4. The van der Waals surface area contributed by atoms with Gasteiger partial charge >= 0.3 is 0 Å². The first-order valence-corrected chi connectivity index (χ1v) is 36.6. The summed E-state index contributed by atoms with van der Waals surface area (Å²) in [5.74, 6) is -11.6. The van der Waals surface area contributed by atoms with Crippen molar-refractivity contribution >= 4 is 64.5 Å². The van der Waals surface area contributed by atoms with Crippen LogP contribution in [0.15, 0.2) is 0 Å². The third-order valence-electron chi connectivity index (χ3n) is 19.9. The van der Waals surface area contributed by atoms with Gasteiger partial charge in [0.1, 0.15) is 24.2 Å². The number of aryl methyl sites for hydroxylation is 2. The number of hydrogen-bond acceptors (Lipinski definition) is 18. The van der Waals surface area contributed by atoms with Crippen LogP contribution in [0.25, 0.3) is 0 Å². The van der Waals surface area contributed by atoms with Gasteiger partial charge in [-0.25, -0.2) is 0 Å². The van der Waals surface area contributed by atoms with Crippen LogP contribution in [0.5, 0.6) is 0 Å². The minimum atomic E-state index is -1.62. The van der Waals surface area contributed by atoms with E-state index in [1.807, 2.05) is 41.5 Å². The Balaban J connectivity index is 2.27. The van der Waals surface area contributed by atoms with Crippen molar-refractivity contribution in [2.45, 2.75) is 255 Å². The lowest BCUT2D eigenvalue weighted by molar-refractivity contribution is -0.155. The summed E-state index contributed by atoms with van der Waals surface area (Å²) in [6.45, 7) is 32.3. The number of amides is 7. The van der Waals surface area contributed by atoms with E-state index >= 15 is 19.2 Å². The quantitative estimate of drug-likeness (QED) is 0.109. The molecule has 0 saturated carbocycles. The molecule has 3 N–H and O–H groups in total. The third-order valence-corrected chi connectivity index (χ3v) is 19.9. The fourth-order valence-electron chi connectivity index (χ4n) is 13.9. The smallest absolute Gasteiger partial charge is 0.246 e. The van der Waals surface area contributed by atoms with Gasteiger partial charge in [-0.2, -0.15) is 4.80 Å². The number of rotatable bonds is 23. The van der Waals surface area contributed by atoms with Crippen LogP contribution < -0.4 is 10.6 Å². The molecule has 1 aromatic heterocycles. The summed E-state index contributed by atoms with van der Waals surface area (Å²) in [6, 6.07) is -8.54. The molecule has 14 atom stereocenters. The first-order chi connectivity index (χ1) is 46.3. The van der Waals surface area contributed by atoms with Crippen LogP contribution in [0.3, 0.4) is 0 Å². The Kier molecular flexibility index (Phi) is 36.7. The molecule has 2 fully saturated rings. The summed E-state index contributed by atoms with van der Waals surface area (Å²) in [5, 5.41) is 30.3. The van der Waals surface area contributed by atoms with Gasteiger partial charge in [-0.15, -0.1) is 10.2 Å². The first-order valence-electron chi connectivity index (χ1n) is 36.6. The van der Waals surface area contributed by atoms with Crippen LogP contribution in [-0.4, -0.2) is 248 Å². The van der Waals surface area contributed by atoms with Gasteiger partial charge in [0, 0.05) is 111 Å². The molecule has 2 aliphatic heterocycles. The van der Waals surface area contributed by atoms with Gasteiger partial charge in [0.2, 0.25) is 41.4 Å². The van der Waals surface area contributed by atoms with E-state index < -0.39 is 167 Å². The van der Waals surface area contributed by atoms with Crippen molar-refractivity contribution in [1.29, 1.82) is 0 Å². The highest BCUT2D eigenvalue weighted by Crippen LogP contribution is 2.30. The molecule has 0 unspecified atom stereocenters. The normalized spacial score (nSPS) is 27.0. The molecule has 564 valence electrons. The Morgan fingerprint density at radius 1 is 0.545 bits per heavy atom. The van der Waals surface area contributed by atoms with E-state index in [0.29, 0.717) is 51.1 Å². The Hall–Kier alpha value is -6.12. The predicted molar refractivity (Wildman–Crippen MR) is 378 cm³/mol. The number of ketones is 4. The number of ether oxygens (including phenoxy) is 2. The number of carbonyl (C=O) groups excluding carboxylic acids is 11. The van der Waals surface area contributed by atoms with Crippen molar-refractivity contribution < 1.29 is 67.3 Å². The molecular formula is C73H128N12O14. The van der Waals surface area contributed by atoms with Crippen molar-refractivity contribution in [1.82, 2.24) is 60.2 Å². The predicted octanol–water partition coefficient (Wildman–Crippen LogP) is 5.78. The maximum absolute atomic E-state index is 15.4. The molecule has 0 bridgehead atoms. The largest absolute Gasteiger partial charge is 0.390 e. The topological polar surface area (TPSA) is 314 Å². The number of carbonyl (C=O) groups is 11. The second-order valence-electron chi connectivity index (χ2n) is 30.6. The number of unbranched alkanes of at least 4 members (excludes halogenated alkanes) is 2. The zero-order valence-corrected chi connectivity index (χ0v) is 64.3. The monoisotopic (exact) mass is 1400 g/mol. The van der Waals surface area contributed by atoms with E-state index in [0.717, 1.165) is 31.0 Å². The molecule has 3 heterocycles. The van der Waals surface area contributed by atoms with Crippen LogP contribution >= 0.6 is 0 Å². The maximum Gasteiger partial charge on any atom is 0.246 e. The SMILES string of the molecule is CC[C@@H]1NC(=O)[C@H]([C@H](O)[C@H](C)CCCCc2nnn(C)n2)N(C)C(=O)[C@H](C(C)C)N(C)C(=O)[C@H](CC(C)C)CC(=O)[C@H](CC(C)C)N(C)C(=O)[C@@H](C)NC(=O)[C@H](C)CC(=O)[C@H](CC(C)C)N(C)C(=O)[C@H](C(C)C)CC(=O)[C@H]([C@@H](C)OCCCCN2CCOCC2)N(C)C(=O)[C@@H](C)CC1=O. The zero-order chi connectivity index (χ0) is 75.0. The lowest BCUT2D eigenvalue weighted by Gasteiger charge is -2.40. The summed E-state index contributed by atoms with van der Waals surface area (Å²) >= 11 is 0. The Labute approximate surface area is 591 Å². The van der Waals surface area contributed by atoms with E-state index in [2.05, 4.69) is 30.9 Å². The Bertz CT molecular complexity index is 2810. The summed E-state index contributed by atoms with van der Waals surface area (Å²) in [4.78, 5) is 174. The van der Waals surface area contributed by atoms with Gasteiger partial charge in [-0.3, -0.25) is 57.6 Å². The van der Waals surface area contributed by atoms with Gasteiger partial charge in [-0.1, -0.05) is 103 Å². The van der Waals surface area contributed by atoms with Crippen molar-refractivity contribution in [3.05, 3.63) is 5.82 Å². The van der Waals surface area contributed by atoms with Gasteiger partial charge in [-0.05, 0) is 112 Å². The first kappa shape index (κ1) is 87.1. The van der Waals surface area contributed by atoms with Crippen LogP contribution in [0, 0.1) is 59.2 Å². The molecule has 0 radical (unpaired) electrons. The second kappa shape index (κ2) is 41.7. The molecular weight excluding hydrogens is 1270 g/mol. The lowest BCUT2D eigenvalue weighted by atomic mass is 9.85. The van der Waals surface area contributed by atoms with Crippen LogP contribution in [0.2, 0.25) is 0 Å². The Morgan fingerprint density at radius 2 is 1.09 bits per heavy atom. The number of nitrogens with zero attached hydrogens (tertiary/aromatic N) is 10. The molecule has 26 nitrogen and oxygen atoms in total. The van der Waals surface area contributed by atoms with E-state index in [4.69, 9.17) is 9.47 Å². The van der Waals surface area contributed by atoms with Crippen LogP contribution in [0.1, 0.15) is 200 Å². The summed E-state index contributed by atoms with van der Waals surface area (Å²) in [5.41, 5.74) is 0. The second-order valence-corrected chi connectivity index (χ2v) is 30.6. The molecule has 2 aliphatic rings. The molecule has 26 heteroatoms. The number of tetrazole rings is 1. The number of aliphatic hydroxyl groups excluding tert-OH is 1. The highest BCUT2D eigenvalue weighted by molar-refractivity contribution is 6.00. The average Bonchev–Trinajstić information content (AvgIpc) is 1.05. The fourth-order valence-corrected chi connectivity index (χ4v) is 13.9. The van der Waals surface area contributed by atoms with Gasteiger partial charge in [0.15, 0.2) is 29.0 Å². The molecule has 99 heavy (non-hydrogen) atoms. The average molecular weight is 1400 g/mol. The van der Waals surface area contributed by atoms with Crippen LogP contribution in [0.4, 0.5) is 0 Å². The van der Waals surface area contributed by atoms with Crippen molar-refractivity contribution in [2.75, 3.05) is 74.7 Å². The Morgan fingerprint density at radius 3 is 1.63 bits per heavy atom. The number of nitrogens with one attached hydrogen (secondary N) is 2. The van der Waals surface area contributed by atoms with E-state index in [-0.39, 0.29) is 69.3 Å². The molecule has 3 rings (SSSR count). The fraction of sp³-hybridized carbons (Fsp3) is 0.836. The van der Waals surface area contributed by atoms with Gasteiger partial charge in [0.05, 0.1) is 50.6 Å². The van der Waals surface area contributed by atoms with E-state index in [1.165, 1.54) is 66.6 Å².